The molecule has 0 radical (unpaired) electrons. The van der Waals surface area contributed by atoms with Crippen LogP contribution < -0.4 is 0 Å². The highest BCUT2D eigenvalue weighted by Gasteiger charge is 2.21. The molecule has 0 bridgehead atoms. The van der Waals surface area contributed by atoms with Crippen molar-refractivity contribution in [1.29, 1.82) is 0 Å². The van der Waals surface area contributed by atoms with E-state index in [1.165, 1.54) is 63.6 Å². The van der Waals surface area contributed by atoms with Gasteiger partial charge < -0.3 is 14.8 Å². The van der Waals surface area contributed by atoms with Gasteiger partial charge in [0.25, 0.3) is 0 Å². The Morgan fingerprint density at radius 3 is 1.79 bits per heavy atom. The van der Waals surface area contributed by atoms with Crippen molar-refractivity contribution in [2.24, 2.45) is 23.7 Å². The van der Waals surface area contributed by atoms with E-state index < -0.39 is 0 Å². The van der Waals surface area contributed by atoms with Crippen molar-refractivity contribution in [3.8, 4) is 0 Å². The monoisotopic (exact) mass is 469 g/mol. The lowest BCUT2D eigenvalue weighted by atomic mass is 9.83. The lowest BCUT2D eigenvalue weighted by molar-refractivity contribution is -0.108. The number of piperidine rings is 1. The Kier molecular flexibility index (Phi) is 29.0. The molecular formula is C30H63NO2. The topological polar surface area (TPSA) is 40.5 Å². The highest BCUT2D eigenvalue weighted by molar-refractivity contribution is 5.49. The lowest BCUT2D eigenvalue weighted by Crippen LogP contribution is -2.32. The van der Waals surface area contributed by atoms with E-state index in [0.717, 1.165) is 36.9 Å². The molecular weight excluding hydrogens is 406 g/mol. The second-order valence-corrected chi connectivity index (χ2v) is 9.81. The van der Waals surface area contributed by atoms with Gasteiger partial charge in [0, 0.05) is 6.42 Å². The molecule has 3 atom stereocenters. The zero-order valence-electron chi connectivity index (χ0n) is 24.6. The number of rotatable bonds is 7. The maximum absolute atomic E-state index is 9.96. The summed E-state index contributed by atoms with van der Waals surface area (Å²) in [5.74, 6) is 3.04. The van der Waals surface area contributed by atoms with E-state index in [9.17, 15) is 4.79 Å². The molecule has 1 saturated carbocycles. The van der Waals surface area contributed by atoms with E-state index in [1.54, 1.807) is 0 Å². The smallest absolute Gasteiger partial charge is 0.120 e. The van der Waals surface area contributed by atoms with Crippen molar-refractivity contribution in [3.63, 3.8) is 0 Å². The fraction of sp³-hybridized carbons (Fsp3) is 0.900. The second kappa shape index (κ2) is 25.9. The lowest BCUT2D eigenvalue weighted by Gasteiger charge is -2.32. The fourth-order valence-corrected chi connectivity index (χ4v) is 3.93. The number of nitrogens with zero attached hydrogens (tertiary/aromatic N) is 1. The fourth-order valence-electron chi connectivity index (χ4n) is 3.93. The minimum Gasteiger partial charge on any atom is -0.393 e. The van der Waals surface area contributed by atoms with Gasteiger partial charge in [-0.1, -0.05) is 92.2 Å². The third-order valence-electron chi connectivity index (χ3n) is 6.84. The summed E-state index contributed by atoms with van der Waals surface area (Å²) in [6, 6.07) is 0. The molecule has 2 aliphatic rings. The van der Waals surface area contributed by atoms with Crippen molar-refractivity contribution in [2.45, 2.75) is 133 Å². The zero-order chi connectivity index (χ0) is 26.2. The molecule has 1 aliphatic carbocycles. The minimum absolute atomic E-state index is 0.134. The predicted octanol–water partition coefficient (Wildman–Crippen LogP) is 8.55. The molecule has 0 amide bonds. The van der Waals surface area contributed by atoms with Gasteiger partial charge in [0.1, 0.15) is 6.29 Å². The molecule has 3 nitrogen and oxygen atoms in total. The summed E-state index contributed by atoms with van der Waals surface area (Å²) in [5.41, 5.74) is 1.46. The van der Waals surface area contributed by atoms with Gasteiger partial charge in [0.05, 0.1) is 6.10 Å². The van der Waals surface area contributed by atoms with E-state index in [2.05, 4.69) is 45.7 Å². The molecule has 1 N–H and O–H groups in total. The van der Waals surface area contributed by atoms with E-state index in [0.29, 0.717) is 5.92 Å². The van der Waals surface area contributed by atoms with Gasteiger partial charge in [0.15, 0.2) is 0 Å². The van der Waals surface area contributed by atoms with Gasteiger partial charge in [-0.05, 0) is 83.8 Å². The number of carbonyl (C=O) groups is 1. The van der Waals surface area contributed by atoms with Crippen LogP contribution in [0.2, 0.25) is 0 Å². The van der Waals surface area contributed by atoms with Gasteiger partial charge in [0.2, 0.25) is 0 Å². The number of hydrogen-bond donors (Lipinski definition) is 1. The largest absolute Gasteiger partial charge is 0.393 e. The maximum Gasteiger partial charge on any atom is 0.120 e. The van der Waals surface area contributed by atoms with E-state index in [4.69, 9.17) is 5.11 Å². The minimum atomic E-state index is -0.134. The molecule has 33 heavy (non-hydrogen) atoms. The van der Waals surface area contributed by atoms with E-state index in [-0.39, 0.29) is 6.10 Å². The highest BCUT2D eigenvalue weighted by Crippen LogP contribution is 2.27. The van der Waals surface area contributed by atoms with E-state index in [1.807, 2.05) is 41.5 Å². The Bertz CT molecular complexity index is 415. The molecule has 1 saturated heterocycles. The number of allylic oxidation sites excluding steroid dienone is 2. The Labute approximate surface area is 209 Å². The average Bonchev–Trinajstić information content (AvgIpc) is 3.34. The number of aliphatic hydroxyl groups is 1. The molecule has 0 aromatic heterocycles. The summed E-state index contributed by atoms with van der Waals surface area (Å²) in [6.45, 7) is 23.3. The van der Waals surface area contributed by atoms with Crippen LogP contribution in [0.25, 0.3) is 0 Å². The van der Waals surface area contributed by atoms with Crippen molar-refractivity contribution < 1.29 is 9.90 Å². The average molecular weight is 470 g/mol. The predicted molar refractivity (Wildman–Crippen MR) is 150 cm³/mol. The third kappa shape index (κ3) is 22.9. The first-order valence-electron chi connectivity index (χ1n) is 14.1. The summed E-state index contributed by atoms with van der Waals surface area (Å²) in [4.78, 5) is 12.4. The Morgan fingerprint density at radius 1 is 0.970 bits per heavy atom. The number of carbonyl (C=O) groups excluding carboxylic acids is 1. The first kappa shape index (κ1) is 36.9. The Morgan fingerprint density at radius 2 is 1.45 bits per heavy atom. The van der Waals surface area contributed by atoms with Crippen LogP contribution in [0.3, 0.4) is 0 Å². The van der Waals surface area contributed by atoms with Crippen molar-refractivity contribution >= 4 is 6.29 Å². The summed E-state index contributed by atoms with van der Waals surface area (Å²) in [5, 5.41) is 8.82. The van der Waals surface area contributed by atoms with Crippen LogP contribution in [0.4, 0.5) is 0 Å². The van der Waals surface area contributed by atoms with Crippen LogP contribution in [-0.2, 0) is 4.79 Å². The van der Waals surface area contributed by atoms with Crippen LogP contribution in [-0.4, -0.2) is 42.5 Å². The number of aldehydes is 1. The van der Waals surface area contributed by atoms with Gasteiger partial charge in [-0.25, -0.2) is 0 Å². The Hall–Kier alpha value is -0.670. The maximum atomic E-state index is 9.96. The quantitative estimate of drug-likeness (QED) is 0.300. The van der Waals surface area contributed by atoms with E-state index >= 15 is 0 Å². The number of hydrogen-bond acceptors (Lipinski definition) is 3. The van der Waals surface area contributed by atoms with Crippen molar-refractivity contribution in [1.82, 2.24) is 4.90 Å². The van der Waals surface area contributed by atoms with Crippen LogP contribution >= 0.6 is 0 Å². The number of aliphatic hydroxyl groups excluding tert-OH is 1. The van der Waals surface area contributed by atoms with Gasteiger partial charge in [-0.2, -0.15) is 0 Å². The van der Waals surface area contributed by atoms with Crippen molar-refractivity contribution in [2.75, 3.05) is 20.1 Å². The zero-order valence-corrected chi connectivity index (χ0v) is 24.6. The standard InChI is InChI=1S/C13H25N.C7H12O.C6H14O.2C2H6/c1-11(2)5-6-12(3)13-7-9-14(4)10-8-13;8-6-5-7-3-1-2-4-7;1-4-5(2)6(3)7;2*1-2/h5,12-13H,6-10H2,1-4H3;6-7H,1-5H2;5-7H,4H2,1-3H3;2*1-2H3. The Balaban J connectivity index is -0.000000406. The van der Waals surface area contributed by atoms with Crippen LogP contribution in [0.5, 0.6) is 0 Å². The van der Waals surface area contributed by atoms with Gasteiger partial charge in [-0.3, -0.25) is 0 Å². The molecule has 0 aromatic rings. The summed E-state index contributed by atoms with van der Waals surface area (Å²) >= 11 is 0. The molecule has 3 unspecified atom stereocenters. The molecule has 3 heteroatoms. The number of likely N-dealkylation sites (tertiary alicyclic amines) is 1. The molecule has 1 heterocycles. The molecule has 1 aliphatic heterocycles. The normalized spacial score (nSPS) is 18.9. The molecule has 0 aromatic carbocycles. The van der Waals surface area contributed by atoms with Crippen LogP contribution in [0, 0.1) is 23.7 Å². The summed E-state index contributed by atoms with van der Waals surface area (Å²) in [6.07, 6.45) is 14.5. The third-order valence-corrected chi connectivity index (χ3v) is 6.84. The first-order chi connectivity index (χ1) is 15.7. The summed E-state index contributed by atoms with van der Waals surface area (Å²) < 4.78 is 0. The molecule has 2 fully saturated rings. The molecule has 2 rings (SSSR count). The first-order valence-corrected chi connectivity index (χ1v) is 14.1. The molecule has 200 valence electrons. The van der Waals surface area contributed by atoms with Crippen LogP contribution in [0.1, 0.15) is 127 Å². The van der Waals surface area contributed by atoms with Crippen molar-refractivity contribution in [3.05, 3.63) is 11.6 Å². The second-order valence-electron chi connectivity index (χ2n) is 9.81. The van der Waals surface area contributed by atoms with Gasteiger partial charge >= 0.3 is 0 Å². The van der Waals surface area contributed by atoms with Crippen LogP contribution in [0.15, 0.2) is 11.6 Å². The summed E-state index contributed by atoms with van der Waals surface area (Å²) in [7, 11) is 2.23. The molecule has 0 spiro atoms. The van der Waals surface area contributed by atoms with Gasteiger partial charge in [-0.15, -0.1) is 0 Å². The SMILES string of the molecule is CC.CC.CC(C)=CCC(C)C1CCN(C)CC1.CCC(C)C(C)O.O=CCC1CCCC1. The highest BCUT2D eigenvalue weighted by atomic mass is 16.3.